The Hall–Kier alpha value is -8.13. The zero-order chi connectivity index (χ0) is 63.4. The topological polar surface area (TPSA) is 252 Å². The SMILES string of the molecule is COC(C)C(NC(=O)C(C)N(C)C(=O)OC(C)(C)C)C(=O)N1Cc2ccc(NC(=O)CNC(=O)[C@]3(C)CN(C(=O)CN4C[C@@H](C)N(C(=O)O)C[C@@H]4CN4CCOC[C@H]4C)c4cc(Cc5ccc(F)cc5)ccc43)cc2[C@H]1C(=O)Nc1c(F)cccc1F. The summed E-state index contributed by atoms with van der Waals surface area (Å²) in [6.07, 6.45) is -2.52. The standard InChI is InChI=1S/C62H77F3N10O12/c1-35-28-72(44(31-73(35)59(82)83)30-71-22-23-86-33-36(71)2)32-51(77)75-34-62(8,46-21-16-40(25-49(46)75)24-39-14-18-42(63)19-15-39)58(81)66-27-50(76)67-43-20-17-41-29-74(54(45(41)26-43)56(79)69-53-47(64)12-11-13-48(53)65)57(80)52(38(4)85-10)68-55(78)37(3)70(9)60(84)87-61(5,6)7/h11-21,25-26,35-38,44,52,54H,22-24,27-34H2,1-10H3,(H,66,81)(H,67,76)(H,68,78)(H,69,79)(H,82,83)/t35-,36-,37?,38?,44+,52?,54+,62-/m1/s1. The van der Waals surface area contributed by atoms with Gasteiger partial charge in [0.05, 0.1) is 37.8 Å². The first-order valence-corrected chi connectivity index (χ1v) is 28.9. The molecule has 87 heavy (non-hydrogen) atoms. The number of ether oxygens (including phenoxy) is 3. The fraction of sp³-hybridized carbons (Fsp3) is 0.484. The molecule has 2 fully saturated rings. The van der Waals surface area contributed by atoms with Gasteiger partial charge in [0.15, 0.2) is 0 Å². The van der Waals surface area contributed by atoms with E-state index in [1.165, 1.54) is 63.2 Å². The number of likely N-dealkylation sites (N-methyl/N-ethyl adjacent to an activating group) is 1. The van der Waals surface area contributed by atoms with Gasteiger partial charge in [-0.1, -0.05) is 36.4 Å². The summed E-state index contributed by atoms with van der Waals surface area (Å²) in [7, 11) is 2.65. The summed E-state index contributed by atoms with van der Waals surface area (Å²) >= 11 is 0. The number of hydrogen-bond acceptors (Lipinski definition) is 13. The molecule has 0 saturated carbocycles. The minimum atomic E-state index is -1.62. The lowest BCUT2D eigenvalue weighted by Gasteiger charge is -2.47. The Balaban J connectivity index is 1.02. The van der Waals surface area contributed by atoms with Crippen LogP contribution in [-0.4, -0.2) is 192 Å². The van der Waals surface area contributed by atoms with Crippen molar-refractivity contribution in [2.75, 3.05) is 88.7 Å². The lowest BCUT2D eigenvalue weighted by Crippen LogP contribution is -2.64. The number of amides is 8. The second-order valence-corrected chi connectivity index (χ2v) is 24.0. The van der Waals surface area contributed by atoms with Crippen LogP contribution in [0.25, 0.3) is 0 Å². The summed E-state index contributed by atoms with van der Waals surface area (Å²) in [5, 5.41) is 20.5. The molecular formula is C62H77F3N10O12. The number of fused-ring (bicyclic) bond motifs is 2. The minimum absolute atomic E-state index is 0.0648. The summed E-state index contributed by atoms with van der Waals surface area (Å²) in [6, 6.07) is 13.9. The molecule has 468 valence electrons. The van der Waals surface area contributed by atoms with Gasteiger partial charge in [0, 0.05) is 82.9 Å². The molecule has 8 rings (SSSR count). The molecular weight excluding hydrogens is 1130 g/mol. The molecule has 0 bridgehead atoms. The highest BCUT2D eigenvalue weighted by Crippen LogP contribution is 2.43. The van der Waals surface area contributed by atoms with Gasteiger partial charge in [-0.2, -0.15) is 0 Å². The number of hydrogen-bond donors (Lipinski definition) is 5. The molecule has 25 heteroatoms. The molecule has 2 saturated heterocycles. The van der Waals surface area contributed by atoms with E-state index in [2.05, 4.69) is 26.2 Å². The van der Waals surface area contributed by atoms with Gasteiger partial charge in [0.2, 0.25) is 29.5 Å². The van der Waals surface area contributed by atoms with Crippen LogP contribution in [0.2, 0.25) is 0 Å². The van der Waals surface area contributed by atoms with E-state index in [-0.39, 0.29) is 62.0 Å². The van der Waals surface area contributed by atoms with E-state index < -0.39 is 113 Å². The first-order valence-electron chi connectivity index (χ1n) is 28.9. The molecule has 4 aromatic rings. The zero-order valence-corrected chi connectivity index (χ0v) is 50.6. The molecule has 22 nitrogen and oxygen atoms in total. The van der Waals surface area contributed by atoms with E-state index >= 15 is 8.78 Å². The number of nitrogens with one attached hydrogen (secondary N) is 4. The summed E-state index contributed by atoms with van der Waals surface area (Å²) in [5.74, 6) is -6.92. The van der Waals surface area contributed by atoms with Crippen molar-refractivity contribution >= 4 is 64.7 Å². The number of anilines is 3. The average Bonchev–Trinajstić information content (AvgIpc) is 2.74. The molecule has 3 unspecified atom stereocenters. The highest BCUT2D eigenvalue weighted by atomic mass is 19.1. The summed E-state index contributed by atoms with van der Waals surface area (Å²) < 4.78 is 60.7. The molecule has 4 aliphatic rings. The van der Waals surface area contributed by atoms with E-state index in [0.29, 0.717) is 49.5 Å². The molecule has 0 aliphatic carbocycles. The fourth-order valence-corrected chi connectivity index (χ4v) is 11.4. The van der Waals surface area contributed by atoms with Gasteiger partial charge >= 0.3 is 12.2 Å². The van der Waals surface area contributed by atoms with Gasteiger partial charge in [0.1, 0.15) is 46.9 Å². The van der Waals surface area contributed by atoms with Gasteiger partial charge in [-0.05, 0) is 132 Å². The highest BCUT2D eigenvalue weighted by Gasteiger charge is 2.49. The van der Waals surface area contributed by atoms with Crippen LogP contribution in [0.1, 0.15) is 89.2 Å². The largest absolute Gasteiger partial charge is 0.465 e. The van der Waals surface area contributed by atoms with Crippen LogP contribution in [-0.2, 0) is 61.4 Å². The van der Waals surface area contributed by atoms with Crippen LogP contribution in [0.5, 0.6) is 0 Å². The number of benzene rings is 4. The van der Waals surface area contributed by atoms with E-state index in [1.54, 1.807) is 57.7 Å². The van der Waals surface area contributed by atoms with Crippen LogP contribution in [0.3, 0.4) is 0 Å². The van der Waals surface area contributed by atoms with Gasteiger partial charge in [-0.25, -0.2) is 22.8 Å². The second-order valence-electron chi connectivity index (χ2n) is 24.0. The number of rotatable bonds is 18. The van der Waals surface area contributed by atoms with Gasteiger partial charge in [-0.15, -0.1) is 0 Å². The Kier molecular flexibility index (Phi) is 20.0. The van der Waals surface area contributed by atoms with Crippen LogP contribution in [0.4, 0.5) is 39.8 Å². The number of morpholine rings is 1. The summed E-state index contributed by atoms with van der Waals surface area (Å²) in [4.78, 5) is 121. The quantitative estimate of drug-likeness (QED) is 0.0811. The summed E-state index contributed by atoms with van der Waals surface area (Å²) in [5.41, 5.74) is 0.100. The summed E-state index contributed by atoms with van der Waals surface area (Å²) in [6.45, 7) is 14.9. The number of nitrogens with zero attached hydrogens (tertiary/aromatic N) is 6. The average molecular weight is 1210 g/mol. The van der Waals surface area contributed by atoms with E-state index in [9.17, 15) is 47.9 Å². The maximum absolute atomic E-state index is 15.1. The maximum atomic E-state index is 15.1. The predicted octanol–water partition coefficient (Wildman–Crippen LogP) is 5.62. The zero-order valence-electron chi connectivity index (χ0n) is 50.6. The fourth-order valence-electron chi connectivity index (χ4n) is 11.4. The Morgan fingerprint density at radius 2 is 1.55 bits per heavy atom. The molecule has 4 heterocycles. The third kappa shape index (κ3) is 14.8. The van der Waals surface area contributed by atoms with Crippen molar-refractivity contribution in [3.8, 4) is 0 Å². The lowest BCUT2D eigenvalue weighted by atomic mass is 9.83. The Morgan fingerprint density at radius 3 is 2.21 bits per heavy atom. The maximum Gasteiger partial charge on any atom is 0.410 e. The molecule has 0 spiro atoms. The number of carboxylic acid groups (broad SMARTS) is 1. The van der Waals surface area contributed by atoms with Crippen LogP contribution >= 0.6 is 0 Å². The molecule has 8 atom stereocenters. The highest BCUT2D eigenvalue weighted by molar-refractivity contribution is 6.05. The van der Waals surface area contributed by atoms with Crippen molar-refractivity contribution in [1.82, 2.24) is 35.1 Å². The molecule has 4 aromatic carbocycles. The minimum Gasteiger partial charge on any atom is -0.465 e. The number of para-hydroxylation sites is 1. The van der Waals surface area contributed by atoms with Crippen molar-refractivity contribution in [1.29, 1.82) is 0 Å². The smallest absolute Gasteiger partial charge is 0.410 e. The Morgan fingerprint density at radius 1 is 0.862 bits per heavy atom. The molecule has 5 N–H and O–H groups in total. The first kappa shape index (κ1) is 64.9. The van der Waals surface area contributed by atoms with Crippen LogP contribution < -0.4 is 26.2 Å². The number of carbonyl (C=O) groups is 8. The predicted molar refractivity (Wildman–Crippen MR) is 315 cm³/mol. The third-order valence-corrected chi connectivity index (χ3v) is 16.6. The first-order chi connectivity index (χ1) is 41.1. The number of halogens is 3. The van der Waals surface area contributed by atoms with Crippen molar-refractivity contribution in [2.24, 2.45) is 0 Å². The monoisotopic (exact) mass is 1210 g/mol. The van der Waals surface area contributed by atoms with Gasteiger partial charge in [0.25, 0.3) is 5.91 Å². The molecule has 0 aromatic heterocycles. The Bertz CT molecular complexity index is 3260. The Labute approximate surface area is 503 Å². The number of piperazine rings is 1. The number of carbonyl (C=O) groups excluding carboxylic acids is 7. The normalized spacial score (nSPS) is 21.4. The van der Waals surface area contributed by atoms with Crippen LogP contribution in [0.15, 0.2) is 78.9 Å². The van der Waals surface area contributed by atoms with Gasteiger partial charge in [-0.3, -0.25) is 43.5 Å². The lowest BCUT2D eigenvalue weighted by molar-refractivity contribution is -0.145. The van der Waals surface area contributed by atoms with Crippen molar-refractivity contribution in [3.05, 3.63) is 124 Å². The number of methoxy groups -OCH3 is 1. The third-order valence-electron chi connectivity index (χ3n) is 16.6. The van der Waals surface area contributed by atoms with Crippen molar-refractivity contribution < 1.29 is 70.8 Å². The van der Waals surface area contributed by atoms with E-state index in [0.717, 1.165) is 39.1 Å². The molecule has 4 aliphatic heterocycles. The second kappa shape index (κ2) is 26.9. The van der Waals surface area contributed by atoms with E-state index in [1.807, 2.05) is 24.0 Å². The van der Waals surface area contributed by atoms with Crippen molar-refractivity contribution in [3.63, 3.8) is 0 Å². The molecule has 8 amide bonds. The van der Waals surface area contributed by atoms with Crippen molar-refractivity contribution in [2.45, 2.75) is 122 Å². The van der Waals surface area contributed by atoms with Gasteiger partial charge < -0.3 is 55.3 Å². The van der Waals surface area contributed by atoms with Crippen LogP contribution in [0, 0.1) is 17.5 Å². The van der Waals surface area contributed by atoms with E-state index in [4.69, 9.17) is 14.2 Å². The molecule has 0 radical (unpaired) electrons.